The molecule has 1 N–H and O–H groups in total. The Hall–Kier alpha value is -2.09. The van der Waals surface area contributed by atoms with Crippen LogP contribution >= 0.6 is 0 Å². The van der Waals surface area contributed by atoms with Crippen molar-refractivity contribution in [2.75, 3.05) is 0 Å². The fraction of sp³-hybridized carbons (Fsp3) is 0.133. The van der Waals surface area contributed by atoms with Crippen molar-refractivity contribution in [1.82, 2.24) is 0 Å². The van der Waals surface area contributed by atoms with E-state index < -0.39 is 0 Å². The molecule has 86 valence electrons. The van der Waals surface area contributed by atoms with Crippen LogP contribution in [0.4, 0.5) is 5.69 Å². The molecule has 2 nitrogen and oxygen atoms in total. The van der Waals surface area contributed by atoms with E-state index in [1.54, 1.807) is 12.3 Å². The van der Waals surface area contributed by atoms with Crippen molar-refractivity contribution in [3.05, 3.63) is 59.2 Å². The second-order valence-electron chi connectivity index (χ2n) is 4.16. The predicted octanol–water partition coefficient (Wildman–Crippen LogP) is 3.76. The number of hydrogen-bond acceptors (Lipinski definition) is 2. The summed E-state index contributed by atoms with van der Waals surface area (Å²) in [6, 6.07) is 13.4. The van der Waals surface area contributed by atoms with Crippen molar-refractivity contribution in [2.24, 2.45) is 4.99 Å². The molecule has 0 aliphatic carbocycles. The molecule has 0 saturated heterocycles. The zero-order chi connectivity index (χ0) is 12.3. The summed E-state index contributed by atoms with van der Waals surface area (Å²) in [4.78, 5) is 4.35. The van der Waals surface area contributed by atoms with Crippen molar-refractivity contribution in [2.45, 2.75) is 13.8 Å². The van der Waals surface area contributed by atoms with E-state index in [-0.39, 0.29) is 5.75 Å². The van der Waals surface area contributed by atoms with Gasteiger partial charge in [-0.3, -0.25) is 4.99 Å². The minimum absolute atomic E-state index is 0.256. The standard InChI is InChI=1S/C15H15NO/c1-11-4-3-5-14(9-11)16-10-13-8-12(2)6-7-15(13)17/h3-10,17H,1-2H3. The third-order valence-corrected chi connectivity index (χ3v) is 2.54. The third-order valence-electron chi connectivity index (χ3n) is 2.54. The number of hydrogen-bond donors (Lipinski definition) is 1. The molecule has 0 amide bonds. The van der Waals surface area contributed by atoms with Crippen LogP contribution in [0.25, 0.3) is 0 Å². The summed E-state index contributed by atoms with van der Waals surface area (Å²) in [6.45, 7) is 4.02. The monoisotopic (exact) mass is 225 g/mol. The molecule has 0 fully saturated rings. The quantitative estimate of drug-likeness (QED) is 0.775. The zero-order valence-electron chi connectivity index (χ0n) is 10.0. The number of phenols is 1. The van der Waals surface area contributed by atoms with E-state index in [9.17, 15) is 5.11 Å². The molecule has 0 spiro atoms. The number of aromatic hydroxyl groups is 1. The van der Waals surface area contributed by atoms with E-state index >= 15 is 0 Å². The molecule has 2 aromatic carbocycles. The predicted molar refractivity (Wildman–Crippen MR) is 71.3 cm³/mol. The molecule has 2 heteroatoms. The molecule has 0 heterocycles. The summed E-state index contributed by atoms with van der Waals surface area (Å²) in [5.41, 5.74) is 3.92. The number of benzene rings is 2. The smallest absolute Gasteiger partial charge is 0.124 e. The molecule has 0 radical (unpaired) electrons. The summed E-state index contributed by atoms with van der Waals surface area (Å²) in [7, 11) is 0. The average Bonchev–Trinajstić information content (AvgIpc) is 2.30. The molecule has 0 aromatic heterocycles. The Kier molecular flexibility index (Phi) is 3.24. The summed E-state index contributed by atoms with van der Waals surface area (Å²) in [5.74, 6) is 0.256. The summed E-state index contributed by atoms with van der Waals surface area (Å²) < 4.78 is 0. The lowest BCUT2D eigenvalue weighted by Gasteiger charge is -2.00. The van der Waals surface area contributed by atoms with E-state index in [0.717, 1.165) is 16.8 Å². The van der Waals surface area contributed by atoms with Crippen LogP contribution in [0.1, 0.15) is 16.7 Å². The van der Waals surface area contributed by atoms with Crippen LogP contribution in [0, 0.1) is 13.8 Å². The highest BCUT2D eigenvalue weighted by atomic mass is 16.3. The van der Waals surface area contributed by atoms with Gasteiger partial charge in [-0.25, -0.2) is 0 Å². The first kappa shape index (κ1) is 11.4. The molecule has 0 aliphatic rings. The fourth-order valence-electron chi connectivity index (χ4n) is 1.63. The van der Waals surface area contributed by atoms with Crippen molar-refractivity contribution < 1.29 is 5.11 Å². The molecule has 2 rings (SSSR count). The van der Waals surface area contributed by atoms with Crippen LogP contribution in [0.3, 0.4) is 0 Å². The van der Waals surface area contributed by atoms with Crippen molar-refractivity contribution in [1.29, 1.82) is 0 Å². The van der Waals surface area contributed by atoms with Gasteiger partial charge in [0.25, 0.3) is 0 Å². The number of aryl methyl sites for hydroxylation is 2. The van der Waals surface area contributed by atoms with Gasteiger partial charge >= 0.3 is 0 Å². The molecule has 0 unspecified atom stereocenters. The summed E-state index contributed by atoms with van der Waals surface area (Å²) in [5, 5.41) is 9.68. The lowest BCUT2D eigenvalue weighted by molar-refractivity contribution is 0.474. The first-order valence-corrected chi connectivity index (χ1v) is 5.55. The van der Waals surface area contributed by atoms with Crippen molar-refractivity contribution >= 4 is 11.9 Å². The summed E-state index contributed by atoms with van der Waals surface area (Å²) in [6.07, 6.45) is 1.69. The number of rotatable bonds is 2. The van der Waals surface area contributed by atoms with Crippen LogP contribution in [0.5, 0.6) is 5.75 Å². The van der Waals surface area contributed by atoms with Crippen LogP contribution in [0.2, 0.25) is 0 Å². The highest BCUT2D eigenvalue weighted by Crippen LogP contribution is 2.18. The largest absolute Gasteiger partial charge is 0.507 e. The maximum atomic E-state index is 9.68. The topological polar surface area (TPSA) is 32.6 Å². The highest BCUT2D eigenvalue weighted by molar-refractivity contribution is 5.85. The van der Waals surface area contributed by atoms with E-state index in [2.05, 4.69) is 4.99 Å². The first-order chi connectivity index (χ1) is 8.15. The maximum absolute atomic E-state index is 9.68. The van der Waals surface area contributed by atoms with Crippen LogP contribution in [0.15, 0.2) is 47.5 Å². The highest BCUT2D eigenvalue weighted by Gasteiger charge is 1.97. The minimum Gasteiger partial charge on any atom is -0.507 e. The van der Waals surface area contributed by atoms with Gasteiger partial charge in [-0.05, 0) is 43.7 Å². The molecular formula is C15H15NO. The minimum atomic E-state index is 0.256. The van der Waals surface area contributed by atoms with E-state index in [1.165, 1.54) is 5.56 Å². The van der Waals surface area contributed by atoms with Gasteiger partial charge in [0, 0.05) is 11.8 Å². The zero-order valence-corrected chi connectivity index (χ0v) is 10.0. The first-order valence-electron chi connectivity index (χ1n) is 5.55. The van der Waals surface area contributed by atoms with Gasteiger partial charge in [-0.15, -0.1) is 0 Å². The molecule has 2 aromatic rings. The molecular weight excluding hydrogens is 210 g/mol. The Balaban J connectivity index is 2.29. The Morgan fingerprint density at radius 2 is 1.76 bits per heavy atom. The van der Waals surface area contributed by atoms with Crippen LogP contribution < -0.4 is 0 Å². The Bertz CT molecular complexity index is 559. The number of nitrogens with zero attached hydrogens (tertiary/aromatic N) is 1. The maximum Gasteiger partial charge on any atom is 0.124 e. The number of aliphatic imine (C=N–C) groups is 1. The molecule has 0 aliphatic heterocycles. The molecule has 0 bridgehead atoms. The van der Waals surface area contributed by atoms with Gasteiger partial charge in [0.2, 0.25) is 0 Å². The van der Waals surface area contributed by atoms with Gasteiger partial charge < -0.3 is 5.11 Å². The SMILES string of the molecule is Cc1cccc(N=Cc2cc(C)ccc2O)c1. The van der Waals surface area contributed by atoms with Gasteiger partial charge in [-0.2, -0.15) is 0 Å². The lowest BCUT2D eigenvalue weighted by Crippen LogP contribution is -1.83. The molecule has 17 heavy (non-hydrogen) atoms. The van der Waals surface area contributed by atoms with Crippen LogP contribution in [-0.2, 0) is 0 Å². The van der Waals surface area contributed by atoms with Gasteiger partial charge in [0.1, 0.15) is 5.75 Å². The van der Waals surface area contributed by atoms with Crippen molar-refractivity contribution in [3.8, 4) is 5.75 Å². The number of phenolic OH excluding ortho intramolecular Hbond substituents is 1. The molecule has 0 atom stereocenters. The average molecular weight is 225 g/mol. The normalized spacial score (nSPS) is 10.9. The van der Waals surface area contributed by atoms with Gasteiger partial charge in [0.15, 0.2) is 0 Å². The second kappa shape index (κ2) is 4.83. The Morgan fingerprint density at radius 3 is 2.53 bits per heavy atom. The Morgan fingerprint density at radius 1 is 1.00 bits per heavy atom. The molecule has 0 saturated carbocycles. The second-order valence-corrected chi connectivity index (χ2v) is 4.16. The summed E-state index contributed by atoms with van der Waals surface area (Å²) >= 11 is 0. The van der Waals surface area contributed by atoms with Crippen molar-refractivity contribution in [3.63, 3.8) is 0 Å². The van der Waals surface area contributed by atoms with Gasteiger partial charge in [0.05, 0.1) is 5.69 Å². The fourth-order valence-corrected chi connectivity index (χ4v) is 1.63. The van der Waals surface area contributed by atoms with E-state index in [4.69, 9.17) is 0 Å². The van der Waals surface area contributed by atoms with E-state index in [1.807, 2.05) is 50.2 Å². The Labute approximate surface area is 101 Å². The van der Waals surface area contributed by atoms with E-state index in [0.29, 0.717) is 0 Å². The third kappa shape index (κ3) is 2.94. The lowest BCUT2D eigenvalue weighted by atomic mass is 10.1. The van der Waals surface area contributed by atoms with Crippen LogP contribution in [-0.4, -0.2) is 11.3 Å². The van der Waals surface area contributed by atoms with Gasteiger partial charge in [-0.1, -0.05) is 23.8 Å².